The van der Waals surface area contributed by atoms with Crippen molar-refractivity contribution in [3.8, 4) is 11.3 Å². The normalized spacial score (nSPS) is 24.1. The minimum absolute atomic E-state index is 0.186. The lowest BCUT2D eigenvalue weighted by atomic mass is 9.73. The van der Waals surface area contributed by atoms with E-state index < -0.39 is 11.0 Å². The largest absolute Gasteiger partial charge is 0.444 e. The number of nitrogens with zero attached hydrogens (tertiary/aromatic N) is 7. The molecule has 262 valence electrons. The Bertz CT molecular complexity index is 1750. The summed E-state index contributed by atoms with van der Waals surface area (Å²) in [5, 5.41) is 0. The fourth-order valence-corrected chi connectivity index (χ4v) is 8.81. The standard InChI is InChI=1S/C39H53N7O3/c1-25(2)45-24-40-32-23-31(41-35(34(32)45)42(6)27-11-12-27)26-10-13-30-33(20-26)46(29-21-28(22-29)43-16-8-7-9-17-43)36(47)39(30)14-18-44(19-15-39)37(48)49-38(3,4)5/h10,13,20,23-25,27-29H,7-9,11-12,14-19,21-22H2,1-6H3/t28-,29+. The number of ether oxygens (including phenoxy) is 1. The van der Waals surface area contributed by atoms with Crippen molar-refractivity contribution in [1.29, 1.82) is 0 Å². The summed E-state index contributed by atoms with van der Waals surface area (Å²) in [6, 6.07) is 10.2. The molecule has 2 saturated heterocycles. The van der Waals surface area contributed by atoms with E-state index in [1.165, 1.54) is 45.2 Å². The van der Waals surface area contributed by atoms with Crippen LogP contribution in [0.2, 0.25) is 0 Å². The Morgan fingerprint density at radius 2 is 1.71 bits per heavy atom. The zero-order chi connectivity index (χ0) is 34.2. The number of fused-ring (bicyclic) bond motifs is 3. The third kappa shape index (κ3) is 5.68. The molecule has 2 saturated carbocycles. The molecule has 3 aliphatic heterocycles. The summed E-state index contributed by atoms with van der Waals surface area (Å²) in [5.74, 6) is 1.18. The number of aromatic nitrogens is 3. The van der Waals surface area contributed by atoms with E-state index in [9.17, 15) is 9.59 Å². The molecule has 2 aliphatic carbocycles. The summed E-state index contributed by atoms with van der Waals surface area (Å²) in [6.07, 6.45) is 11.1. The third-order valence-electron chi connectivity index (χ3n) is 11.8. The Balaban J connectivity index is 1.15. The van der Waals surface area contributed by atoms with E-state index in [2.05, 4.69) is 64.4 Å². The van der Waals surface area contributed by atoms with Crippen molar-refractivity contribution < 1.29 is 14.3 Å². The summed E-state index contributed by atoms with van der Waals surface area (Å²) < 4.78 is 7.93. The second-order valence-electron chi connectivity index (χ2n) is 16.6. The predicted molar refractivity (Wildman–Crippen MR) is 193 cm³/mol. The highest BCUT2D eigenvalue weighted by molar-refractivity contribution is 6.09. The second-order valence-corrected chi connectivity index (χ2v) is 16.6. The monoisotopic (exact) mass is 667 g/mol. The van der Waals surface area contributed by atoms with Crippen LogP contribution in [0.5, 0.6) is 0 Å². The van der Waals surface area contributed by atoms with Gasteiger partial charge in [-0.15, -0.1) is 0 Å². The first-order valence-corrected chi connectivity index (χ1v) is 18.7. The minimum atomic E-state index is -0.632. The van der Waals surface area contributed by atoms with Gasteiger partial charge in [0.1, 0.15) is 11.1 Å². The lowest BCUT2D eigenvalue weighted by Gasteiger charge is -2.48. The Labute approximate surface area is 290 Å². The molecular formula is C39H53N7O3. The fourth-order valence-electron chi connectivity index (χ4n) is 8.81. The molecule has 10 heteroatoms. The van der Waals surface area contributed by atoms with Gasteiger partial charge in [0, 0.05) is 55.6 Å². The molecule has 5 aliphatic rings. The maximum absolute atomic E-state index is 14.8. The highest BCUT2D eigenvalue weighted by Crippen LogP contribution is 2.52. The van der Waals surface area contributed by atoms with Crippen molar-refractivity contribution >= 4 is 34.5 Å². The molecule has 0 unspecified atom stereocenters. The van der Waals surface area contributed by atoms with E-state index in [1.54, 1.807) is 4.90 Å². The number of rotatable bonds is 6. The van der Waals surface area contributed by atoms with Crippen LogP contribution in [0, 0.1) is 0 Å². The van der Waals surface area contributed by atoms with Crippen molar-refractivity contribution in [2.45, 2.75) is 128 Å². The molecule has 5 heterocycles. The smallest absolute Gasteiger partial charge is 0.410 e. The van der Waals surface area contributed by atoms with Gasteiger partial charge >= 0.3 is 6.09 Å². The zero-order valence-electron chi connectivity index (χ0n) is 30.2. The van der Waals surface area contributed by atoms with Gasteiger partial charge in [0.15, 0.2) is 5.82 Å². The number of imidazole rings is 1. The van der Waals surface area contributed by atoms with Crippen molar-refractivity contribution in [2.24, 2.45) is 0 Å². The maximum Gasteiger partial charge on any atom is 0.410 e. The van der Waals surface area contributed by atoms with Gasteiger partial charge in [-0.3, -0.25) is 4.79 Å². The van der Waals surface area contributed by atoms with Crippen LogP contribution < -0.4 is 9.80 Å². The Kier molecular flexibility index (Phi) is 7.96. The summed E-state index contributed by atoms with van der Waals surface area (Å²) in [5.41, 5.74) is 4.88. The van der Waals surface area contributed by atoms with E-state index in [0.29, 0.717) is 38.0 Å². The molecule has 49 heavy (non-hydrogen) atoms. The van der Waals surface area contributed by atoms with Gasteiger partial charge in [0.2, 0.25) is 5.91 Å². The topological polar surface area (TPSA) is 87.0 Å². The van der Waals surface area contributed by atoms with E-state index in [4.69, 9.17) is 14.7 Å². The minimum Gasteiger partial charge on any atom is -0.444 e. The second kappa shape index (κ2) is 12.0. The molecule has 1 spiro atoms. The lowest BCUT2D eigenvalue weighted by molar-refractivity contribution is -0.126. The molecule has 2 amide bonds. The SMILES string of the molecule is CC(C)n1cnc2cc(-c3ccc4c(c3)N([C@H]3C[C@@H](N5CCCCC5)C3)C(=O)C43CCN(C(=O)OC(C)(C)C)CC3)nc(N(C)C3CC3)c21. The number of piperidine rings is 2. The number of hydrogen-bond acceptors (Lipinski definition) is 7. The molecule has 0 atom stereocenters. The highest BCUT2D eigenvalue weighted by atomic mass is 16.6. The molecule has 0 radical (unpaired) electrons. The van der Waals surface area contributed by atoms with Gasteiger partial charge in [0.05, 0.1) is 23.0 Å². The number of anilines is 2. The molecule has 8 rings (SSSR count). The van der Waals surface area contributed by atoms with E-state index in [0.717, 1.165) is 52.2 Å². The first-order chi connectivity index (χ1) is 23.4. The molecule has 2 aromatic heterocycles. The molecule has 0 bridgehead atoms. The molecule has 0 N–H and O–H groups in total. The molecular weight excluding hydrogens is 614 g/mol. The van der Waals surface area contributed by atoms with Crippen LogP contribution >= 0.6 is 0 Å². The molecule has 10 nitrogen and oxygen atoms in total. The highest BCUT2D eigenvalue weighted by Gasteiger charge is 2.56. The summed E-state index contributed by atoms with van der Waals surface area (Å²) in [4.78, 5) is 46.9. The van der Waals surface area contributed by atoms with Crippen LogP contribution in [0.3, 0.4) is 0 Å². The molecule has 4 fully saturated rings. The van der Waals surface area contributed by atoms with Crippen LogP contribution in [0.1, 0.15) is 104 Å². The van der Waals surface area contributed by atoms with E-state index >= 15 is 0 Å². The van der Waals surface area contributed by atoms with E-state index in [1.807, 2.05) is 27.1 Å². The lowest BCUT2D eigenvalue weighted by Crippen LogP contribution is -2.58. The van der Waals surface area contributed by atoms with Crippen LogP contribution in [-0.2, 0) is 14.9 Å². The van der Waals surface area contributed by atoms with Crippen LogP contribution in [-0.4, -0.2) is 93.3 Å². The zero-order valence-corrected chi connectivity index (χ0v) is 30.2. The number of carbonyl (C=O) groups is 2. The Hall–Kier alpha value is -3.66. The van der Waals surface area contributed by atoms with Gasteiger partial charge in [-0.2, -0.15) is 0 Å². The first-order valence-electron chi connectivity index (χ1n) is 18.7. The van der Waals surface area contributed by atoms with Crippen molar-refractivity contribution in [3.05, 3.63) is 36.2 Å². The quantitative estimate of drug-likeness (QED) is 0.282. The number of likely N-dealkylation sites (tertiary alicyclic amines) is 2. The van der Waals surface area contributed by atoms with Crippen LogP contribution in [0.25, 0.3) is 22.3 Å². The predicted octanol–water partition coefficient (Wildman–Crippen LogP) is 6.91. The summed E-state index contributed by atoms with van der Waals surface area (Å²) in [6.45, 7) is 13.4. The maximum atomic E-state index is 14.8. The Morgan fingerprint density at radius 3 is 2.37 bits per heavy atom. The number of amides is 2. The number of pyridine rings is 1. The van der Waals surface area contributed by atoms with Crippen LogP contribution in [0.4, 0.5) is 16.3 Å². The average Bonchev–Trinajstić information content (AvgIpc) is 3.78. The third-order valence-corrected chi connectivity index (χ3v) is 11.8. The number of hydrogen-bond donors (Lipinski definition) is 0. The van der Waals surface area contributed by atoms with Crippen LogP contribution in [0.15, 0.2) is 30.6 Å². The first kappa shape index (κ1) is 32.5. The van der Waals surface area contributed by atoms with Crippen molar-refractivity contribution in [3.63, 3.8) is 0 Å². The Morgan fingerprint density at radius 1 is 1.00 bits per heavy atom. The average molecular weight is 668 g/mol. The fraction of sp³-hybridized carbons (Fsp3) is 0.641. The summed E-state index contributed by atoms with van der Waals surface area (Å²) >= 11 is 0. The van der Waals surface area contributed by atoms with E-state index in [-0.39, 0.29) is 24.1 Å². The number of benzene rings is 1. The van der Waals surface area contributed by atoms with Gasteiger partial charge in [-0.25, -0.2) is 14.8 Å². The van der Waals surface area contributed by atoms with Gasteiger partial charge in [-0.05, 0) is 117 Å². The van der Waals surface area contributed by atoms with Gasteiger partial charge in [-0.1, -0.05) is 18.6 Å². The van der Waals surface area contributed by atoms with Gasteiger partial charge in [0.25, 0.3) is 0 Å². The molecule has 3 aromatic rings. The van der Waals surface area contributed by atoms with Crippen molar-refractivity contribution in [1.82, 2.24) is 24.3 Å². The molecule has 1 aromatic carbocycles. The van der Waals surface area contributed by atoms with Gasteiger partial charge < -0.3 is 28.9 Å². The summed E-state index contributed by atoms with van der Waals surface area (Å²) in [7, 11) is 2.16. The number of carbonyl (C=O) groups excluding carboxylic acids is 2. The van der Waals surface area contributed by atoms with Crippen molar-refractivity contribution in [2.75, 3.05) is 43.0 Å².